The van der Waals surface area contributed by atoms with Crippen molar-refractivity contribution in [2.24, 2.45) is 0 Å². The van der Waals surface area contributed by atoms with Crippen molar-refractivity contribution in [1.29, 1.82) is 0 Å². The zero-order valence-corrected chi connectivity index (χ0v) is 16.8. The van der Waals surface area contributed by atoms with Crippen molar-refractivity contribution in [2.45, 2.75) is 64.6 Å². The van der Waals surface area contributed by atoms with Gasteiger partial charge in [-0.05, 0) is 69.8 Å². The van der Waals surface area contributed by atoms with Gasteiger partial charge in [-0.15, -0.1) is 0 Å². The lowest BCUT2D eigenvalue weighted by Gasteiger charge is -2.44. The minimum Gasteiger partial charge on any atom is -0.344 e. The van der Waals surface area contributed by atoms with Crippen molar-refractivity contribution in [3.8, 4) is 0 Å². The Kier molecular flexibility index (Phi) is 4.12. The standard InChI is InChI=1S/C25H30N2/c1-17-7-10-19(11-8-17)13-14-27-22-12-9-18(2)15-21(22)25-23-6-4-5-20(26(23)3)16-24(25)27/h7-12,15,20,23H,4-6,13-14,16H2,1-3H3. The minimum atomic E-state index is 0.609. The first kappa shape index (κ1) is 17.1. The van der Waals surface area contributed by atoms with Gasteiger partial charge in [-0.2, -0.15) is 0 Å². The van der Waals surface area contributed by atoms with Gasteiger partial charge < -0.3 is 4.57 Å². The fraction of sp³-hybridized carbons (Fsp3) is 0.440. The van der Waals surface area contributed by atoms with E-state index in [1.807, 2.05) is 0 Å². The molecule has 2 unspecified atom stereocenters. The average molecular weight is 359 g/mol. The van der Waals surface area contributed by atoms with Crippen molar-refractivity contribution < 1.29 is 0 Å². The molecule has 0 radical (unpaired) electrons. The predicted molar refractivity (Wildman–Crippen MR) is 113 cm³/mol. The number of likely N-dealkylation sites (N-methyl/N-ethyl adjacent to an activating group) is 1. The summed E-state index contributed by atoms with van der Waals surface area (Å²) in [5.74, 6) is 0. The van der Waals surface area contributed by atoms with Crippen LogP contribution in [0.2, 0.25) is 0 Å². The Morgan fingerprint density at radius 3 is 2.56 bits per heavy atom. The van der Waals surface area contributed by atoms with Gasteiger partial charge in [-0.1, -0.05) is 41.5 Å². The first-order valence-electron chi connectivity index (χ1n) is 10.5. The van der Waals surface area contributed by atoms with Crippen molar-refractivity contribution in [3.63, 3.8) is 0 Å². The number of hydrogen-bond acceptors (Lipinski definition) is 1. The quantitative estimate of drug-likeness (QED) is 0.593. The molecule has 2 aromatic carbocycles. The molecule has 1 saturated heterocycles. The lowest BCUT2D eigenvalue weighted by atomic mass is 9.82. The number of piperidine rings is 1. The number of benzene rings is 2. The van der Waals surface area contributed by atoms with E-state index in [1.165, 1.54) is 53.3 Å². The van der Waals surface area contributed by atoms with Crippen LogP contribution in [-0.4, -0.2) is 22.6 Å². The fourth-order valence-corrected chi connectivity index (χ4v) is 5.42. The summed E-state index contributed by atoms with van der Waals surface area (Å²) in [5.41, 5.74) is 8.86. The molecule has 0 N–H and O–H groups in total. The van der Waals surface area contributed by atoms with E-state index in [0.29, 0.717) is 6.04 Å². The molecule has 140 valence electrons. The predicted octanol–water partition coefficient (Wildman–Crippen LogP) is 5.58. The lowest BCUT2D eigenvalue weighted by Crippen LogP contribution is -2.44. The molecule has 1 aromatic heterocycles. The normalized spacial score (nSPS) is 22.2. The number of rotatable bonds is 3. The number of fused-ring (bicyclic) bond motifs is 6. The second-order valence-corrected chi connectivity index (χ2v) is 8.74. The van der Waals surface area contributed by atoms with Gasteiger partial charge in [0.1, 0.15) is 0 Å². The molecule has 2 bridgehead atoms. The van der Waals surface area contributed by atoms with E-state index in [2.05, 4.69) is 72.8 Å². The van der Waals surface area contributed by atoms with E-state index in [1.54, 1.807) is 11.3 Å². The zero-order chi connectivity index (χ0) is 18.5. The molecule has 2 heteroatoms. The second-order valence-electron chi connectivity index (χ2n) is 8.74. The van der Waals surface area contributed by atoms with Gasteiger partial charge >= 0.3 is 0 Å². The number of nitrogens with zero attached hydrogens (tertiary/aromatic N) is 2. The van der Waals surface area contributed by atoms with Crippen LogP contribution in [0.15, 0.2) is 42.5 Å². The van der Waals surface area contributed by atoms with Gasteiger partial charge in [-0.3, -0.25) is 4.90 Å². The van der Waals surface area contributed by atoms with E-state index in [-0.39, 0.29) is 0 Å². The van der Waals surface area contributed by atoms with Crippen molar-refractivity contribution in [1.82, 2.24) is 9.47 Å². The molecular formula is C25H30N2. The van der Waals surface area contributed by atoms with Crippen LogP contribution in [0.25, 0.3) is 10.9 Å². The lowest BCUT2D eigenvalue weighted by molar-refractivity contribution is 0.0988. The maximum absolute atomic E-state index is 2.66. The van der Waals surface area contributed by atoms with Crippen LogP contribution in [0.1, 0.15) is 53.3 Å². The SMILES string of the molecule is Cc1ccc(CCn2c3c(c4cc(C)ccc42)C2CCCC(C3)N2C)cc1. The molecule has 2 nitrogen and oxygen atoms in total. The van der Waals surface area contributed by atoms with Crippen LogP contribution in [0, 0.1) is 13.8 Å². The van der Waals surface area contributed by atoms with E-state index in [4.69, 9.17) is 0 Å². The van der Waals surface area contributed by atoms with Crippen molar-refractivity contribution >= 4 is 10.9 Å². The van der Waals surface area contributed by atoms with E-state index < -0.39 is 0 Å². The first-order valence-corrected chi connectivity index (χ1v) is 10.5. The van der Waals surface area contributed by atoms with Gasteiger partial charge in [-0.25, -0.2) is 0 Å². The molecule has 0 spiro atoms. The van der Waals surface area contributed by atoms with Crippen molar-refractivity contribution in [3.05, 3.63) is 70.4 Å². The maximum Gasteiger partial charge on any atom is 0.0486 e. The summed E-state index contributed by atoms with van der Waals surface area (Å²) in [4.78, 5) is 2.66. The number of aryl methyl sites for hydroxylation is 4. The third kappa shape index (κ3) is 2.82. The highest BCUT2D eigenvalue weighted by molar-refractivity contribution is 5.87. The van der Waals surface area contributed by atoms with Gasteiger partial charge in [0, 0.05) is 41.6 Å². The van der Waals surface area contributed by atoms with Gasteiger partial charge in [0.15, 0.2) is 0 Å². The summed E-state index contributed by atoms with van der Waals surface area (Å²) in [6.07, 6.45) is 6.36. The molecule has 0 saturated carbocycles. The van der Waals surface area contributed by atoms with E-state index in [0.717, 1.165) is 19.0 Å². The highest BCUT2D eigenvalue weighted by atomic mass is 15.2. The molecule has 27 heavy (non-hydrogen) atoms. The summed E-state index contributed by atoms with van der Waals surface area (Å²) in [5, 5.41) is 1.51. The van der Waals surface area contributed by atoms with Gasteiger partial charge in [0.05, 0.1) is 0 Å². The summed E-state index contributed by atoms with van der Waals surface area (Å²) in [7, 11) is 2.35. The molecule has 2 aliphatic rings. The van der Waals surface area contributed by atoms with Gasteiger partial charge in [0.25, 0.3) is 0 Å². The molecule has 3 aromatic rings. The second kappa shape index (κ2) is 6.53. The molecular weight excluding hydrogens is 328 g/mol. The topological polar surface area (TPSA) is 8.17 Å². The van der Waals surface area contributed by atoms with Crippen LogP contribution in [-0.2, 0) is 19.4 Å². The van der Waals surface area contributed by atoms with E-state index >= 15 is 0 Å². The Hall–Kier alpha value is -2.06. The zero-order valence-electron chi connectivity index (χ0n) is 16.8. The van der Waals surface area contributed by atoms with Crippen LogP contribution in [0.3, 0.4) is 0 Å². The third-order valence-corrected chi connectivity index (χ3v) is 6.96. The molecule has 0 aliphatic carbocycles. The average Bonchev–Trinajstić information content (AvgIpc) is 2.93. The summed E-state index contributed by atoms with van der Waals surface area (Å²) in [6, 6.07) is 17.5. The smallest absolute Gasteiger partial charge is 0.0486 e. The highest BCUT2D eigenvalue weighted by Gasteiger charge is 2.38. The fourth-order valence-electron chi connectivity index (χ4n) is 5.42. The summed E-state index contributed by atoms with van der Waals surface area (Å²) < 4.78 is 2.66. The Morgan fingerprint density at radius 2 is 1.74 bits per heavy atom. The van der Waals surface area contributed by atoms with Gasteiger partial charge in [0.2, 0.25) is 0 Å². The summed E-state index contributed by atoms with van der Waals surface area (Å²) >= 11 is 0. The largest absolute Gasteiger partial charge is 0.344 e. The molecule has 3 heterocycles. The number of aromatic nitrogens is 1. The van der Waals surface area contributed by atoms with Crippen molar-refractivity contribution in [2.75, 3.05) is 7.05 Å². The maximum atomic E-state index is 2.66. The Bertz CT molecular complexity index is 980. The van der Waals surface area contributed by atoms with Crippen LogP contribution in [0.5, 0.6) is 0 Å². The molecule has 5 rings (SSSR count). The van der Waals surface area contributed by atoms with Crippen LogP contribution in [0.4, 0.5) is 0 Å². The molecule has 0 amide bonds. The molecule has 1 fully saturated rings. The Balaban J connectivity index is 1.60. The number of hydrogen-bond donors (Lipinski definition) is 0. The highest BCUT2D eigenvalue weighted by Crippen LogP contribution is 2.45. The first-order chi connectivity index (χ1) is 13.1. The Labute approximate surface area is 162 Å². The molecule has 2 atom stereocenters. The van der Waals surface area contributed by atoms with Crippen LogP contribution >= 0.6 is 0 Å². The Morgan fingerprint density at radius 1 is 0.963 bits per heavy atom. The minimum absolute atomic E-state index is 0.609. The third-order valence-electron chi connectivity index (χ3n) is 6.96. The van der Waals surface area contributed by atoms with Crippen LogP contribution < -0.4 is 0 Å². The van der Waals surface area contributed by atoms with E-state index in [9.17, 15) is 0 Å². The monoisotopic (exact) mass is 358 g/mol. The summed E-state index contributed by atoms with van der Waals surface area (Å²) in [6.45, 7) is 5.48. The molecule has 2 aliphatic heterocycles.